The van der Waals surface area contributed by atoms with Crippen LogP contribution in [0.2, 0.25) is 0 Å². The molecule has 1 saturated heterocycles. The van der Waals surface area contributed by atoms with Gasteiger partial charge in [-0.25, -0.2) is 0 Å². The van der Waals surface area contributed by atoms with Gasteiger partial charge in [0.05, 0.1) is 7.11 Å². The molecule has 1 atom stereocenters. The molecule has 0 saturated carbocycles. The lowest BCUT2D eigenvalue weighted by atomic mass is 9.85. The van der Waals surface area contributed by atoms with Gasteiger partial charge in [0.1, 0.15) is 5.75 Å². The van der Waals surface area contributed by atoms with E-state index in [1.54, 1.807) is 7.11 Å². The lowest BCUT2D eigenvalue weighted by Gasteiger charge is -2.28. The Morgan fingerprint density at radius 1 is 1.25 bits per heavy atom. The molecule has 0 aromatic heterocycles. The molecule has 2 rings (SSSR count). The molecule has 0 aliphatic carbocycles. The zero-order chi connectivity index (χ0) is 14.8. The van der Waals surface area contributed by atoms with Crippen molar-refractivity contribution in [3.05, 3.63) is 23.8 Å². The lowest BCUT2D eigenvalue weighted by Crippen LogP contribution is -2.27. The van der Waals surface area contributed by atoms with Crippen molar-refractivity contribution in [2.45, 2.75) is 46.1 Å². The first-order chi connectivity index (χ1) is 9.44. The Morgan fingerprint density at radius 3 is 2.65 bits per heavy atom. The van der Waals surface area contributed by atoms with E-state index in [1.165, 1.54) is 24.9 Å². The van der Waals surface area contributed by atoms with Gasteiger partial charge in [-0.05, 0) is 43.7 Å². The molecule has 3 heteroatoms. The fourth-order valence-corrected chi connectivity index (χ4v) is 3.11. The first-order valence-corrected chi connectivity index (χ1v) is 7.62. The summed E-state index contributed by atoms with van der Waals surface area (Å²) < 4.78 is 5.50. The highest BCUT2D eigenvalue weighted by Crippen LogP contribution is 2.37. The third-order valence-electron chi connectivity index (χ3n) is 4.40. The number of anilines is 1. The van der Waals surface area contributed by atoms with Crippen LogP contribution in [0.25, 0.3) is 0 Å². The highest BCUT2D eigenvalue weighted by Gasteiger charge is 2.25. The predicted molar refractivity (Wildman–Crippen MR) is 85.4 cm³/mol. The van der Waals surface area contributed by atoms with E-state index in [-0.39, 0.29) is 6.04 Å². The van der Waals surface area contributed by atoms with Crippen molar-refractivity contribution in [1.82, 2.24) is 0 Å². The van der Waals surface area contributed by atoms with Crippen LogP contribution in [-0.2, 0) is 0 Å². The average molecular weight is 276 g/mol. The first kappa shape index (κ1) is 15.2. The Morgan fingerprint density at radius 2 is 2.00 bits per heavy atom. The van der Waals surface area contributed by atoms with Gasteiger partial charge in [-0.2, -0.15) is 0 Å². The maximum absolute atomic E-state index is 6.18. The summed E-state index contributed by atoms with van der Waals surface area (Å²) >= 11 is 0. The van der Waals surface area contributed by atoms with Gasteiger partial charge in [0, 0.05) is 30.4 Å². The number of methoxy groups -OCH3 is 1. The molecule has 0 bridgehead atoms. The van der Waals surface area contributed by atoms with Crippen molar-refractivity contribution in [2.24, 2.45) is 11.1 Å². The van der Waals surface area contributed by atoms with E-state index in [4.69, 9.17) is 10.5 Å². The van der Waals surface area contributed by atoms with Crippen LogP contribution in [0.15, 0.2) is 18.2 Å². The topological polar surface area (TPSA) is 38.5 Å². The van der Waals surface area contributed by atoms with Gasteiger partial charge in [0.15, 0.2) is 0 Å². The second-order valence-corrected chi connectivity index (χ2v) is 6.69. The van der Waals surface area contributed by atoms with Crippen LogP contribution in [-0.4, -0.2) is 20.2 Å². The number of hydrogen-bond acceptors (Lipinski definition) is 3. The number of nitrogens with two attached hydrogens (primary N) is 1. The third-order valence-corrected chi connectivity index (χ3v) is 4.40. The van der Waals surface area contributed by atoms with E-state index in [2.05, 4.69) is 30.9 Å². The minimum Gasteiger partial charge on any atom is -0.496 e. The van der Waals surface area contributed by atoms with Crippen molar-refractivity contribution in [3.63, 3.8) is 0 Å². The molecule has 1 aliphatic heterocycles. The van der Waals surface area contributed by atoms with Crippen molar-refractivity contribution < 1.29 is 4.74 Å². The van der Waals surface area contributed by atoms with Gasteiger partial charge in [-0.3, -0.25) is 0 Å². The number of rotatable bonds is 3. The van der Waals surface area contributed by atoms with E-state index in [1.807, 2.05) is 13.0 Å². The SMILES string of the molecule is COc1cccc(N2CCCC(C)(C)CC2)c1C(C)N. The minimum atomic E-state index is -0.0163. The summed E-state index contributed by atoms with van der Waals surface area (Å²) in [5, 5.41) is 0. The standard InChI is InChI=1S/C17H28N2O/c1-13(18)16-14(7-5-8-15(16)20-4)19-11-6-9-17(2,3)10-12-19/h5,7-8,13H,6,9-12,18H2,1-4H3. The maximum Gasteiger partial charge on any atom is 0.125 e. The van der Waals surface area contributed by atoms with Gasteiger partial charge in [-0.15, -0.1) is 0 Å². The Bertz CT molecular complexity index is 454. The highest BCUT2D eigenvalue weighted by atomic mass is 16.5. The van der Waals surface area contributed by atoms with Crippen LogP contribution in [0, 0.1) is 5.41 Å². The van der Waals surface area contributed by atoms with Gasteiger partial charge < -0.3 is 15.4 Å². The fourth-order valence-electron chi connectivity index (χ4n) is 3.11. The summed E-state index contributed by atoms with van der Waals surface area (Å²) in [6, 6.07) is 6.23. The molecule has 0 radical (unpaired) electrons. The molecule has 1 aromatic carbocycles. The molecule has 1 heterocycles. The fraction of sp³-hybridized carbons (Fsp3) is 0.647. The molecular weight excluding hydrogens is 248 g/mol. The van der Waals surface area contributed by atoms with E-state index in [0.717, 1.165) is 24.4 Å². The van der Waals surface area contributed by atoms with Crippen LogP contribution in [0.3, 0.4) is 0 Å². The lowest BCUT2D eigenvalue weighted by molar-refractivity contribution is 0.325. The molecule has 1 fully saturated rings. The summed E-state index contributed by atoms with van der Waals surface area (Å²) in [5.41, 5.74) is 9.01. The third kappa shape index (κ3) is 3.26. The second-order valence-electron chi connectivity index (χ2n) is 6.69. The monoisotopic (exact) mass is 276 g/mol. The zero-order valence-electron chi connectivity index (χ0n) is 13.3. The van der Waals surface area contributed by atoms with Crippen LogP contribution in [0.4, 0.5) is 5.69 Å². The van der Waals surface area contributed by atoms with Crippen LogP contribution < -0.4 is 15.4 Å². The normalized spacial score (nSPS) is 20.4. The molecule has 1 aliphatic rings. The Balaban J connectivity index is 2.32. The summed E-state index contributed by atoms with van der Waals surface area (Å²) in [6.07, 6.45) is 3.76. The van der Waals surface area contributed by atoms with E-state index >= 15 is 0 Å². The second kappa shape index (κ2) is 6.04. The van der Waals surface area contributed by atoms with Gasteiger partial charge in [-0.1, -0.05) is 19.9 Å². The summed E-state index contributed by atoms with van der Waals surface area (Å²) in [7, 11) is 1.72. The Labute approximate surface area is 123 Å². The zero-order valence-corrected chi connectivity index (χ0v) is 13.3. The average Bonchev–Trinajstić information content (AvgIpc) is 2.58. The molecule has 20 heavy (non-hydrogen) atoms. The van der Waals surface area contributed by atoms with Crippen LogP contribution in [0.1, 0.15) is 51.6 Å². The Hall–Kier alpha value is -1.22. The number of hydrogen-bond donors (Lipinski definition) is 1. The van der Waals surface area contributed by atoms with E-state index < -0.39 is 0 Å². The van der Waals surface area contributed by atoms with Gasteiger partial charge in [0.2, 0.25) is 0 Å². The molecule has 0 amide bonds. The van der Waals surface area contributed by atoms with Gasteiger partial charge in [0.25, 0.3) is 0 Å². The molecule has 2 N–H and O–H groups in total. The molecule has 1 unspecified atom stereocenters. The Kier molecular flexibility index (Phi) is 4.59. The van der Waals surface area contributed by atoms with Gasteiger partial charge >= 0.3 is 0 Å². The predicted octanol–water partition coefficient (Wildman–Crippen LogP) is 3.73. The summed E-state index contributed by atoms with van der Waals surface area (Å²) in [4.78, 5) is 2.48. The largest absolute Gasteiger partial charge is 0.496 e. The van der Waals surface area contributed by atoms with Crippen molar-refractivity contribution in [2.75, 3.05) is 25.1 Å². The molecular formula is C17H28N2O. The maximum atomic E-state index is 6.18. The van der Waals surface area contributed by atoms with Crippen molar-refractivity contribution in [1.29, 1.82) is 0 Å². The number of ether oxygens (including phenoxy) is 1. The molecule has 1 aromatic rings. The van der Waals surface area contributed by atoms with Crippen LogP contribution >= 0.6 is 0 Å². The highest BCUT2D eigenvalue weighted by molar-refractivity contribution is 5.60. The van der Waals surface area contributed by atoms with Crippen molar-refractivity contribution in [3.8, 4) is 5.75 Å². The number of nitrogens with zero attached hydrogens (tertiary/aromatic N) is 1. The molecule has 3 nitrogen and oxygen atoms in total. The molecule has 0 spiro atoms. The summed E-state index contributed by atoms with van der Waals surface area (Å²) in [5.74, 6) is 0.904. The molecule has 112 valence electrons. The summed E-state index contributed by atoms with van der Waals surface area (Å²) in [6.45, 7) is 8.97. The van der Waals surface area contributed by atoms with E-state index in [0.29, 0.717) is 5.41 Å². The van der Waals surface area contributed by atoms with Crippen molar-refractivity contribution >= 4 is 5.69 Å². The minimum absolute atomic E-state index is 0.0163. The van der Waals surface area contributed by atoms with E-state index in [9.17, 15) is 0 Å². The first-order valence-electron chi connectivity index (χ1n) is 7.62. The quantitative estimate of drug-likeness (QED) is 0.914. The smallest absolute Gasteiger partial charge is 0.125 e. The van der Waals surface area contributed by atoms with Crippen LogP contribution in [0.5, 0.6) is 5.75 Å². The number of benzene rings is 1.